The lowest BCUT2D eigenvalue weighted by Crippen LogP contribution is -2.32. The van der Waals surface area contributed by atoms with E-state index in [-0.39, 0.29) is 5.91 Å². The van der Waals surface area contributed by atoms with E-state index in [1.165, 1.54) is 6.07 Å². The van der Waals surface area contributed by atoms with Gasteiger partial charge in [0.25, 0.3) is 5.91 Å². The van der Waals surface area contributed by atoms with E-state index >= 15 is 0 Å². The number of carbonyl (C=O) groups is 1. The molecule has 2 heterocycles. The quantitative estimate of drug-likeness (QED) is 0.828. The third kappa shape index (κ3) is 2.42. The van der Waals surface area contributed by atoms with Gasteiger partial charge >= 0.3 is 5.63 Å². The van der Waals surface area contributed by atoms with Gasteiger partial charge in [-0.25, -0.2) is 4.79 Å². The molecule has 0 unspecified atom stereocenters. The Kier molecular flexibility index (Phi) is 3.46. The van der Waals surface area contributed by atoms with E-state index in [0.717, 1.165) is 12.0 Å². The monoisotopic (exact) mass is 245 g/mol. The molecule has 18 heavy (non-hydrogen) atoms. The highest BCUT2D eigenvalue weighted by Crippen LogP contribution is 2.21. The van der Waals surface area contributed by atoms with Crippen molar-refractivity contribution >= 4 is 5.91 Å². The molecule has 1 aromatic heterocycles. The predicted octanol–water partition coefficient (Wildman–Crippen LogP) is 1.95. The molecule has 1 N–H and O–H groups in total. The summed E-state index contributed by atoms with van der Waals surface area (Å²) in [5, 5.41) is 2.67. The number of fused-ring (bicyclic) bond motifs is 1. The summed E-state index contributed by atoms with van der Waals surface area (Å²) in [6.07, 6.45) is 5.77. The summed E-state index contributed by atoms with van der Waals surface area (Å²) < 4.78 is 5.09. The van der Waals surface area contributed by atoms with Crippen LogP contribution in [0.25, 0.3) is 0 Å². The molecule has 0 bridgehead atoms. The van der Waals surface area contributed by atoms with Crippen molar-refractivity contribution in [2.75, 3.05) is 0 Å². The number of hydrogen-bond donors (Lipinski definition) is 1. The van der Waals surface area contributed by atoms with Crippen LogP contribution in [0.2, 0.25) is 0 Å². The lowest BCUT2D eigenvalue weighted by Gasteiger charge is -2.19. The summed E-state index contributed by atoms with van der Waals surface area (Å²) in [5.74, 6) is 0.187. The second kappa shape index (κ2) is 5.04. The zero-order valence-electron chi connectivity index (χ0n) is 10.3. The molecule has 0 saturated carbocycles. The molecular weight excluding hydrogens is 230 g/mol. The van der Waals surface area contributed by atoms with E-state index in [1.807, 2.05) is 19.1 Å². The molecule has 0 aromatic carbocycles. The number of rotatable bonds is 3. The maximum Gasteiger partial charge on any atom is 0.336 e. The first kappa shape index (κ1) is 12.4. The van der Waals surface area contributed by atoms with Gasteiger partial charge in [-0.2, -0.15) is 0 Å². The lowest BCUT2D eigenvalue weighted by molar-refractivity contribution is 0.0952. The number of amides is 1. The maximum atomic E-state index is 11.9. The zero-order valence-corrected chi connectivity index (χ0v) is 10.3. The molecular formula is C14H15NO3. The van der Waals surface area contributed by atoms with Gasteiger partial charge in [0.1, 0.15) is 5.76 Å². The molecule has 94 valence electrons. The van der Waals surface area contributed by atoms with Crippen molar-refractivity contribution in [3.8, 4) is 0 Å². The Morgan fingerprint density at radius 1 is 1.50 bits per heavy atom. The summed E-state index contributed by atoms with van der Waals surface area (Å²) in [4.78, 5) is 23.4. The molecule has 0 radical (unpaired) electrons. The van der Waals surface area contributed by atoms with Crippen LogP contribution in [0.15, 0.2) is 39.7 Å². The van der Waals surface area contributed by atoms with Gasteiger partial charge < -0.3 is 9.73 Å². The van der Waals surface area contributed by atoms with Crippen molar-refractivity contribution in [3.05, 3.63) is 57.8 Å². The van der Waals surface area contributed by atoms with Crippen molar-refractivity contribution < 1.29 is 9.21 Å². The van der Waals surface area contributed by atoms with Crippen molar-refractivity contribution in [3.63, 3.8) is 0 Å². The Balaban J connectivity index is 2.43. The van der Waals surface area contributed by atoms with Crippen molar-refractivity contribution in [1.29, 1.82) is 0 Å². The third-order valence-electron chi connectivity index (χ3n) is 2.82. The van der Waals surface area contributed by atoms with Crippen LogP contribution in [0.5, 0.6) is 0 Å². The summed E-state index contributed by atoms with van der Waals surface area (Å²) in [5.41, 5.74) is 1.38. The predicted molar refractivity (Wildman–Crippen MR) is 68.4 cm³/mol. The lowest BCUT2D eigenvalue weighted by atomic mass is 9.97. The number of allylic oxidation sites excluding steroid dienone is 3. The average Bonchev–Trinajstić information content (AvgIpc) is 2.27. The first-order chi connectivity index (χ1) is 8.61. The van der Waals surface area contributed by atoms with Gasteiger partial charge in [0, 0.05) is 18.2 Å². The van der Waals surface area contributed by atoms with Gasteiger partial charge in [0.05, 0.1) is 5.56 Å². The number of aryl methyl sites for hydroxylation is 1. The van der Waals surface area contributed by atoms with Gasteiger partial charge in [-0.15, -0.1) is 0 Å². The third-order valence-corrected chi connectivity index (χ3v) is 2.82. The van der Waals surface area contributed by atoms with Crippen molar-refractivity contribution in [2.24, 2.45) is 0 Å². The molecule has 1 aromatic rings. The van der Waals surface area contributed by atoms with E-state index in [1.54, 1.807) is 0 Å². The van der Waals surface area contributed by atoms with E-state index in [0.29, 0.717) is 29.9 Å². The van der Waals surface area contributed by atoms with Crippen molar-refractivity contribution in [2.45, 2.75) is 26.2 Å². The van der Waals surface area contributed by atoms with Gasteiger partial charge in [0.2, 0.25) is 0 Å². The van der Waals surface area contributed by atoms with Crippen LogP contribution in [0.1, 0.15) is 35.0 Å². The van der Waals surface area contributed by atoms with Crippen LogP contribution in [0.4, 0.5) is 0 Å². The Bertz CT molecular complexity index is 581. The first-order valence-electron chi connectivity index (χ1n) is 5.88. The highest BCUT2D eigenvalue weighted by molar-refractivity contribution is 5.98. The minimum Gasteiger partial charge on any atom is -0.427 e. The van der Waals surface area contributed by atoms with Crippen LogP contribution < -0.4 is 10.9 Å². The van der Waals surface area contributed by atoms with Crippen LogP contribution in [0, 0.1) is 0 Å². The molecule has 4 nitrogen and oxygen atoms in total. The fraction of sp³-hybridized carbons (Fsp3) is 0.286. The smallest absolute Gasteiger partial charge is 0.336 e. The molecule has 0 saturated heterocycles. The Morgan fingerprint density at radius 3 is 3.00 bits per heavy atom. The van der Waals surface area contributed by atoms with Gasteiger partial charge in [0.15, 0.2) is 0 Å². The fourth-order valence-electron chi connectivity index (χ4n) is 2.06. The highest BCUT2D eigenvalue weighted by Gasteiger charge is 2.25. The summed E-state index contributed by atoms with van der Waals surface area (Å²) >= 11 is 0. The van der Waals surface area contributed by atoms with E-state index < -0.39 is 5.63 Å². The Morgan fingerprint density at radius 2 is 2.28 bits per heavy atom. The van der Waals surface area contributed by atoms with Gasteiger partial charge in [-0.1, -0.05) is 18.7 Å². The summed E-state index contributed by atoms with van der Waals surface area (Å²) in [6, 6.07) is 1.40. The Hall–Kier alpha value is -2.10. The number of hydrogen-bond acceptors (Lipinski definition) is 3. The summed E-state index contributed by atoms with van der Waals surface area (Å²) in [7, 11) is 0. The molecule has 0 spiro atoms. The van der Waals surface area contributed by atoms with Gasteiger partial charge in [-0.3, -0.25) is 4.79 Å². The van der Waals surface area contributed by atoms with Crippen LogP contribution >= 0.6 is 0 Å². The van der Waals surface area contributed by atoms with E-state index in [4.69, 9.17) is 4.42 Å². The van der Waals surface area contributed by atoms with E-state index in [2.05, 4.69) is 11.9 Å². The van der Waals surface area contributed by atoms with Crippen LogP contribution in [0.3, 0.4) is 0 Å². The second-order valence-electron chi connectivity index (χ2n) is 4.23. The molecule has 1 aliphatic rings. The van der Waals surface area contributed by atoms with Gasteiger partial charge in [-0.05, 0) is 25.3 Å². The maximum absolute atomic E-state index is 11.9. The standard InChI is InChI=1S/C14H15NO3/c1-3-4-5-6-10-8-12(16)18-11-7-9(2)15-14(17)13(10)11/h3-4,8H,2,5-7H2,1H3,(H,15,17)/b4-3+. The highest BCUT2D eigenvalue weighted by atomic mass is 16.4. The molecule has 0 atom stereocenters. The average molecular weight is 245 g/mol. The largest absolute Gasteiger partial charge is 0.427 e. The molecule has 1 amide bonds. The van der Waals surface area contributed by atoms with Crippen LogP contribution in [-0.4, -0.2) is 5.91 Å². The van der Waals surface area contributed by atoms with Crippen molar-refractivity contribution in [1.82, 2.24) is 5.32 Å². The minimum absolute atomic E-state index is 0.236. The molecule has 4 heteroatoms. The normalized spacial score (nSPS) is 14.7. The fourth-order valence-corrected chi connectivity index (χ4v) is 2.06. The molecule has 2 rings (SSSR count). The topological polar surface area (TPSA) is 59.3 Å². The number of carbonyl (C=O) groups excluding carboxylic acids is 1. The summed E-state index contributed by atoms with van der Waals surface area (Å²) in [6.45, 7) is 5.63. The minimum atomic E-state index is -0.410. The second-order valence-corrected chi connectivity index (χ2v) is 4.23. The number of nitrogens with one attached hydrogen (secondary N) is 1. The van der Waals surface area contributed by atoms with Crippen LogP contribution in [-0.2, 0) is 12.8 Å². The zero-order chi connectivity index (χ0) is 13.1. The van der Waals surface area contributed by atoms with E-state index in [9.17, 15) is 9.59 Å². The molecule has 0 fully saturated rings. The molecule has 1 aliphatic heterocycles. The molecule has 0 aliphatic carbocycles. The SMILES string of the molecule is C=C1Cc2oc(=O)cc(CC/C=C/C)c2C(=O)N1. The Labute approximate surface area is 105 Å². The first-order valence-corrected chi connectivity index (χ1v) is 5.88.